The monoisotopic (exact) mass is 364 g/mol. The van der Waals surface area contributed by atoms with E-state index in [4.69, 9.17) is 4.74 Å². The Morgan fingerprint density at radius 2 is 1.70 bits per heavy atom. The van der Waals surface area contributed by atoms with Crippen molar-refractivity contribution in [2.24, 2.45) is 0 Å². The van der Waals surface area contributed by atoms with Crippen LogP contribution in [-0.4, -0.2) is 41.2 Å². The summed E-state index contributed by atoms with van der Waals surface area (Å²) in [6.45, 7) is 2.69. The predicted octanol–water partition coefficient (Wildman–Crippen LogP) is 3.88. The molecular weight excluding hydrogens is 344 g/mol. The number of non-ortho nitro benzene ring substituents is 1. The van der Waals surface area contributed by atoms with Crippen LogP contribution in [0.3, 0.4) is 0 Å². The second kappa shape index (κ2) is 7.34. The minimum absolute atomic E-state index is 0.0571. The van der Waals surface area contributed by atoms with Crippen molar-refractivity contribution in [2.75, 3.05) is 26.3 Å². The summed E-state index contributed by atoms with van der Waals surface area (Å²) in [5.74, 6) is 0.226. The lowest BCUT2D eigenvalue weighted by Crippen LogP contribution is -2.39. The van der Waals surface area contributed by atoms with E-state index >= 15 is 0 Å². The summed E-state index contributed by atoms with van der Waals surface area (Å²) in [4.78, 5) is 12.9. The minimum atomic E-state index is -0.400. The van der Waals surface area contributed by atoms with E-state index in [-0.39, 0.29) is 17.5 Å². The van der Waals surface area contributed by atoms with E-state index in [2.05, 4.69) is 4.90 Å². The molecule has 1 heterocycles. The second-order valence-electron chi connectivity index (χ2n) is 6.62. The van der Waals surface area contributed by atoms with Crippen LogP contribution in [0.2, 0.25) is 0 Å². The molecule has 4 rings (SSSR count). The number of phenols is 1. The smallest absolute Gasteiger partial charge is 0.269 e. The van der Waals surface area contributed by atoms with Crippen molar-refractivity contribution in [3.8, 4) is 5.75 Å². The van der Waals surface area contributed by atoms with Gasteiger partial charge in [-0.3, -0.25) is 15.0 Å². The van der Waals surface area contributed by atoms with E-state index < -0.39 is 4.92 Å². The highest BCUT2D eigenvalue weighted by Gasteiger charge is 2.28. The molecule has 1 fully saturated rings. The summed E-state index contributed by atoms with van der Waals surface area (Å²) in [6.07, 6.45) is 0. The van der Waals surface area contributed by atoms with Crippen LogP contribution in [0.15, 0.2) is 60.7 Å². The average molecular weight is 364 g/mol. The van der Waals surface area contributed by atoms with Crippen LogP contribution >= 0.6 is 0 Å². The van der Waals surface area contributed by atoms with Crippen LogP contribution in [-0.2, 0) is 4.74 Å². The number of ether oxygens (including phenoxy) is 1. The standard InChI is InChI=1S/C21H20N2O4/c24-19-10-7-15-3-1-2-4-18(15)20(19)21(22-11-13-27-14-12-22)16-5-8-17(9-6-16)23(25)26/h1-10,21,24H,11-14H2/t21-/m1/s1. The number of rotatable bonds is 4. The van der Waals surface area contributed by atoms with Crippen molar-refractivity contribution in [1.82, 2.24) is 4.90 Å². The zero-order valence-corrected chi connectivity index (χ0v) is 14.7. The molecule has 0 radical (unpaired) electrons. The Hall–Kier alpha value is -2.96. The summed E-state index contributed by atoms with van der Waals surface area (Å²) in [5.41, 5.74) is 1.79. The van der Waals surface area contributed by atoms with Crippen LogP contribution in [0.5, 0.6) is 5.75 Å². The van der Waals surface area contributed by atoms with Crippen LogP contribution in [0, 0.1) is 10.1 Å². The van der Waals surface area contributed by atoms with Crippen LogP contribution in [0.1, 0.15) is 17.2 Å². The molecule has 0 saturated carbocycles. The fraction of sp³-hybridized carbons (Fsp3) is 0.238. The van der Waals surface area contributed by atoms with Crippen molar-refractivity contribution in [2.45, 2.75) is 6.04 Å². The van der Waals surface area contributed by atoms with Gasteiger partial charge in [-0.05, 0) is 22.4 Å². The van der Waals surface area contributed by atoms with E-state index in [0.29, 0.717) is 13.2 Å². The van der Waals surface area contributed by atoms with Crippen molar-refractivity contribution < 1.29 is 14.8 Å². The summed E-state index contributed by atoms with van der Waals surface area (Å²) in [7, 11) is 0. The van der Waals surface area contributed by atoms with Crippen molar-refractivity contribution >= 4 is 16.5 Å². The van der Waals surface area contributed by atoms with Gasteiger partial charge in [-0.1, -0.05) is 42.5 Å². The Balaban J connectivity index is 1.88. The molecule has 0 amide bonds. The number of nitro groups is 1. The highest BCUT2D eigenvalue weighted by molar-refractivity contribution is 5.88. The SMILES string of the molecule is O=[N+]([O-])c1ccc([C@H](c2c(O)ccc3ccccc23)N2CCOCC2)cc1. The molecule has 27 heavy (non-hydrogen) atoms. The molecule has 1 aliphatic rings. The van der Waals surface area contributed by atoms with Gasteiger partial charge in [-0.15, -0.1) is 0 Å². The Labute approximate surface area is 156 Å². The number of nitro benzene ring substituents is 1. The summed E-state index contributed by atoms with van der Waals surface area (Å²) in [6, 6.07) is 18.0. The summed E-state index contributed by atoms with van der Waals surface area (Å²) >= 11 is 0. The van der Waals surface area contributed by atoms with Gasteiger partial charge in [-0.2, -0.15) is 0 Å². The third-order valence-electron chi connectivity index (χ3n) is 5.05. The molecule has 6 heteroatoms. The zero-order valence-electron chi connectivity index (χ0n) is 14.7. The van der Waals surface area contributed by atoms with Gasteiger partial charge < -0.3 is 9.84 Å². The Kier molecular flexibility index (Phi) is 4.75. The first-order valence-corrected chi connectivity index (χ1v) is 8.92. The molecule has 138 valence electrons. The molecule has 1 N–H and O–H groups in total. The van der Waals surface area contributed by atoms with Crippen LogP contribution in [0.4, 0.5) is 5.69 Å². The maximum Gasteiger partial charge on any atom is 0.269 e. The van der Waals surface area contributed by atoms with E-state index in [1.807, 2.05) is 30.3 Å². The van der Waals surface area contributed by atoms with Crippen molar-refractivity contribution in [3.63, 3.8) is 0 Å². The first-order chi connectivity index (χ1) is 13.1. The zero-order chi connectivity index (χ0) is 18.8. The van der Waals surface area contributed by atoms with E-state index in [0.717, 1.165) is 35.0 Å². The van der Waals surface area contributed by atoms with Crippen LogP contribution in [0.25, 0.3) is 10.8 Å². The molecule has 0 aliphatic carbocycles. The fourth-order valence-electron chi connectivity index (χ4n) is 3.75. The van der Waals surface area contributed by atoms with Gasteiger partial charge in [0.2, 0.25) is 0 Å². The predicted molar refractivity (Wildman–Crippen MR) is 103 cm³/mol. The van der Waals surface area contributed by atoms with Crippen molar-refractivity contribution in [3.05, 3.63) is 81.9 Å². The summed E-state index contributed by atoms with van der Waals surface area (Å²) in [5, 5.41) is 23.8. The quantitative estimate of drug-likeness (QED) is 0.562. The van der Waals surface area contributed by atoms with E-state index in [1.165, 1.54) is 12.1 Å². The lowest BCUT2D eigenvalue weighted by molar-refractivity contribution is -0.384. The van der Waals surface area contributed by atoms with Gasteiger partial charge in [0.1, 0.15) is 5.75 Å². The van der Waals surface area contributed by atoms with E-state index in [1.54, 1.807) is 18.2 Å². The van der Waals surface area contributed by atoms with Gasteiger partial charge in [-0.25, -0.2) is 0 Å². The molecule has 3 aromatic carbocycles. The molecule has 1 aliphatic heterocycles. The number of benzene rings is 3. The average Bonchev–Trinajstić information content (AvgIpc) is 2.71. The third kappa shape index (κ3) is 3.37. The van der Waals surface area contributed by atoms with Gasteiger partial charge in [0.15, 0.2) is 0 Å². The first kappa shape index (κ1) is 17.5. The van der Waals surface area contributed by atoms with Gasteiger partial charge in [0.25, 0.3) is 5.69 Å². The molecule has 0 unspecified atom stereocenters. The molecular formula is C21H20N2O4. The molecule has 3 aromatic rings. The maximum absolute atomic E-state index is 11.0. The number of phenolic OH excluding ortho intramolecular Hbond substituents is 1. The third-order valence-corrected chi connectivity index (χ3v) is 5.05. The maximum atomic E-state index is 11.0. The largest absolute Gasteiger partial charge is 0.508 e. The number of nitrogens with zero attached hydrogens (tertiary/aromatic N) is 2. The highest BCUT2D eigenvalue weighted by Crippen LogP contribution is 2.39. The first-order valence-electron chi connectivity index (χ1n) is 8.92. The molecule has 1 saturated heterocycles. The molecule has 0 bridgehead atoms. The Bertz CT molecular complexity index is 966. The second-order valence-corrected chi connectivity index (χ2v) is 6.62. The number of morpholine rings is 1. The number of fused-ring (bicyclic) bond motifs is 1. The lowest BCUT2D eigenvalue weighted by Gasteiger charge is -2.36. The molecule has 6 nitrogen and oxygen atoms in total. The highest BCUT2D eigenvalue weighted by atomic mass is 16.6. The topological polar surface area (TPSA) is 75.8 Å². The normalized spacial score (nSPS) is 16.3. The van der Waals surface area contributed by atoms with Gasteiger partial charge >= 0.3 is 0 Å². The minimum Gasteiger partial charge on any atom is -0.508 e. The fourth-order valence-corrected chi connectivity index (χ4v) is 3.75. The molecule has 0 spiro atoms. The Morgan fingerprint density at radius 1 is 1.00 bits per heavy atom. The molecule has 0 aromatic heterocycles. The number of hydrogen-bond acceptors (Lipinski definition) is 5. The Morgan fingerprint density at radius 3 is 2.41 bits per heavy atom. The number of aromatic hydroxyl groups is 1. The van der Waals surface area contributed by atoms with Crippen molar-refractivity contribution in [1.29, 1.82) is 0 Å². The van der Waals surface area contributed by atoms with Gasteiger partial charge in [0.05, 0.1) is 24.2 Å². The van der Waals surface area contributed by atoms with E-state index in [9.17, 15) is 15.2 Å². The van der Waals surface area contributed by atoms with Crippen LogP contribution < -0.4 is 0 Å². The lowest BCUT2D eigenvalue weighted by atomic mass is 9.91. The van der Waals surface area contributed by atoms with Gasteiger partial charge in [0, 0.05) is 30.8 Å². The molecule has 1 atom stereocenters. The summed E-state index contributed by atoms with van der Waals surface area (Å²) < 4.78 is 5.50. The number of hydrogen-bond donors (Lipinski definition) is 1.